The largest absolute Gasteiger partial charge is 0.304 e. The van der Waals surface area contributed by atoms with E-state index in [1.165, 1.54) is 11.1 Å². The van der Waals surface area contributed by atoms with E-state index >= 15 is 0 Å². The van der Waals surface area contributed by atoms with E-state index in [2.05, 4.69) is 63.2 Å². The number of nitrogens with zero attached hydrogens (tertiary/aromatic N) is 4. The zero-order valence-electron chi connectivity index (χ0n) is 12.8. The lowest BCUT2D eigenvalue weighted by Gasteiger charge is -2.04. The average molecular weight is 421 g/mol. The number of carbonyl (C=O) groups is 1. The van der Waals surface area contributed by atoms with Gasteiger partial charge in [0.05, 0.1) is 16.3 Å². The van der Waals surface area contributed by atoms with Crippen LogP contribution in [0.25, 0.3) is 0 Å². The Kier molecular flexibility index (Phi) is 4.46. The highest BCUT2D eigenvalue weighted by Crippen LogP contribution is 2.13. The van der Waals surface area contributed by atoms with E-state index in [0.717, 1.165) is 3.57 Å². The summed E-state index contributed by atoms with van der Waals surface area (Å²) in [7, 11) is 1.74. The molecule has 0 aliphatic heterocycles. The Morgan fingerprint density at radius 3 is 2.87 bits per heavy atom. The molecule has 0 bridgehead atoms. The van der Waals surface area contributed by atoms with Gasteiger partial charge in [0, 0.05) is 19.3 Å². The maximum absolute atomic E-state index is 12.3. The van der Waals surface area contributed by atoms with E-state index < -0.39 is 0 Å². The molecule has 1 aromatic carbocycles. The van der Waals surface area contributed by atoms with Crippen molar-refractivity contribution in [2.45, 2.75) is 13.5 Å². The van der Waals surface area contributed by atoms with Crippen LogP contribution in [0.5, 0.6) is 0 Å². The highest BCUT2D eigenvalue weighted by molar-refractivity contribution is 14.1. The molecule has 118 valence electrons. The predicted octanol–water partition coefficient (Wildman–Crippen LogP) is 2.83. The first-order valence-electron chi connectivity index (χ1n) is 7.11. The number of halogens is 1. The van der Waals surface area contributed by atoms with E-state index in [1.807, 2.05) is 12.3 Å². The number of amides is 1. The van der Waals surface area contributed by atoms with Crippen molar-refractivity contribution in [3.63, 3.8) is 0 Å². The second-order valence-electron chi connectivity index (χ2n) is 5.31. The number of aromatic nitrogens is 4. The lowest BCUT2D eigenvalue weighted by molar-refractivity contribution is 0.101. The summed E-state index contributed by atoms with van der Waals surface area (Å²) in [5.74, 6) is 0.315. The summed E-state index contributed by atoms with van der Waals surface area (Å²) < 4.78 is 4.17. The van der Waals surface area contributed by atoms with Crippen LogP contribution in [-0.4, -0.2) is 25.5 Å². The Bertz CT molecular complexity index is 832. The molecule has 0 spiro atoms. The summed E-state index contributed by atoms with van der Waals surface area (Å²) >= 11 is 2.09. The van der Waals surface area contributed by atoms with Gasteiger partial charge in [0.15, 0.2) is 5.82 Å². The van der Waals surface area contributed by atoms with Crippen LogP contribution in [0.3, 0.4) is 0 Å². The van der Waals surface area contributed by atoms with Gasteiger partial charge in [-0.3, -0.25) is 14.2 Å². The lowest BCUT2D eigenvalue weighted by Crippen LogP contribution is -2.17. The Balaban J connectivity index is 1.71. The van der Waals surface area contributed by atoms with E-state index in [0.29, 0.717) is 18.1 Å². The van der Waals surface area contributed by atoms with Gasteiger partial charge in [0.2, 0.25) is 0 Å². The van der Waals surface area contributed by atoms with Gasteiger partial charge in [-0.2, -0.15) is 10.2 Å². The molecule has 0 radical (unpaired) electrons. The first kappa shape index (κ1) is 15.7. The van der Waals surface area contributed by atoms with Gasteiger partial charge in [-0.25, -0.2) is 0 Å². The zero-order chi connectivity index (χ0) is 16.4. The van der Waals surface area contributed by atoms with Crippen LogP contribution in [-0.2, 0) is 13.6 Å². The van der Waals surface area contributed by atoms with Crippen LogP contribution < -0.4 is 5.32 Å². The Morgan fingerprint density at radius 2 is 2.17 bits per heavy atom. The molecule has 0 saturated carbocycles. The van der Waals surface area contributed by atoms with Crippen LogP contribution in [0.15, 0.2) is 42.7 Å². The minimum Gasteiger partial charge on any atom is -0.304 e. The van der Waals surface area contributed by atoms with Gasteiger partial charge in [-0.05, 0) is 35.1 Å². The topological polar surface area (TPSA) is 64.7 Å². The number of anilines is 1. The van der Waals surface area contributed by atoms with Gasteiger partial charge >= 0.3 is 0 Å². The zero-order valence-corrected chi connectivity index (χ0v) is 15.0. The summed E-state index contributed by atoms with van der Waals surface area (Å²) in [4.78, 5) is 12.3. The molecular weight excluding hydrogens is 405 g/mol. The molecule has 0 fully saturated rings. The molecule has 6 nitrogen and oxygen atoms in total. The van der Waals surface area contributed by atoms with Crippen molar-refractivity contribution in [2.24, 2.45) is 7.05 Å². The fourth-order valence-corrected chi connectivity index (χ4v) is 3.07. The minimum absolute atomic E-state index is 0.213. The van der Waals surface area contributed by atoms with Crippen molar-refractivity contribution in [2.75, 3.05) is 5.32 Å². The first-order chi connectivity index (χ1) is 11.0. The molecular formula is C16H16IN5O. The van der Waals surface area contributed by atoms with Crippen LogP contribution in [0.4, 0.5) is 5.82 Å². The predicted molar refractivity (Wildman–Crippen MR) is 96.4 cm³/mol. The number of rotatable bonds is 4. The minimum atomic E-state index is -0.213. The van der Waals surface area contributed by atoms with Crippen molar-refractivity contribution >= 4 is 34.3 Å². The average Bonchev–Trinajstić information content (AvgIpc) is 3.06. The molecule has 2 heterocycles. The third-order valence-corrected chi connectivity index (χ3v) is 4.21. The summed E-state index contributed by atoms with van der Waals surface area (Å²) in [6.07, 6.45) is 3.51. The van der Waals surface area contributed by atoms with Gasteiger partial charge in [0.1, 0.15) is 5.69 Å². The molecule has 7 heteroatoms. The van der Waals surface area contributed by atoms with Crippen molar-refractivity contribution in [1.29, 1.82) is 0 Å². The summed E-state index contributed by atoms with van der Waals surface area (Å²) in [5.41, 5.74) is 2.92. The van der Waals surface area contributed by atoms with Gasteiger partial charge in [0.25, 0.3) is 5.91 Å². The van der Waals surface area contributed by atoms with Crippen LogP contribution in [0.2, 0.25) is 0 Å². The monoisotopic (exact) mass is 421 g/mol. The quantitative estimate of drug-likeness (QED) is 0.660. The highest BCUT2D eigenvalue weighted by atomic mass is 127. The van der Waals surface area contributed by atoms with Gasteiger partial charge in [-0.15, -0.1) is 0 Å². The third kappa shape index (κ3) is 3.61. The Morgan fingerprint density at radius 1 is 1.35 bits per heavy atom. The first-order valence-corrected chi connectivity index (χ1v) is 8.18. The summed E-state index contributed by atoms with van der Waals surface area (Å²) in [6.45, 7) is 2.73. The van der Waals surface area contributed by atoms with Crippen LogP contribution in [0, 0.1) is 10.5 Å². The fraction of sp³-hybridized carbons (Fsp3) is 0.188. The molecule has 0 saturated heterocycles. The number of benzene rings is 1. The molecule has 0 aliphatic rings. The Labute approximate surface area is 147 Å². The standard InChI is InChI=1S/C16H16IN5O/c1-11-4-3-5-12(8-11)10-22-7-6-14(20-22)19-16(23)15-13(17)9-18-21(15)2/h3-9H,10H2,1-2H3,(H,19,20,23). The molecule has 3 aromatic rings. The molecule has 0 aliphatic carbocycles. The maximum Gasteiger partial charge on any atom is 0.276 e. The molecule has 2 aromatic heterocycles. The second kappa shape index (κ2) is 6.53. The van der Waals surface area contributed by atoms with Gasteiger partial charge in [-0.1, -0.05) is 29.8 Å². The van der Waals surface area contributed by atoms with E-state index in [1.54, 1.807) is 28.7 Å². The highest BCUT2D eigenvalue weighted by Gasteiger charge is 2.16. The van der Waals surface area contributed by atoms with Crippen molar-refractivity contribution in [3.8, 4) is 0 Å². The van der Waals surface area contributed by atoms with Gasteiger partial charge < -0.3 is 5.32 Å². The smallest absolute Gasteiger partial charge is 0.276 e. The molecule has 23 heavy (non-hydrogen) atoms. The summed E-state index contributed by atoms with van der Waals surface area (Å²) in [6, 6.07) is 10.1. The SMILES string of the molecule is Cc1cccc(Cn2ccc(NC(=O)c3c(I)cnn3C)n2)c1. The number of hydrogen-bond acceptors (Lipinski definition) is 3. The summed E-state index contributed by atoms with van der Waals surface area (Å²) in [5, 5.41) is 11.3. The third-order valence-electron chi connectivity index (χ3n) is 3.42. The number of aryl methyl sites for hydroxylation is 2. The number of nitrogens with one attached hydrogen (secondary N) is 1. The van der Waals surface area contributed by atoms with Crippen LogP contribution in [0.1, 0.15) is 21.6 Å². The molecule has 3 rings (SSSR count). The van der Waals surface area contributed by atoms with Crippen molar-refractivity contribution in [3.05, 3.63) is 63.1 Å². The second-order valence-corrected chi connectivity index (χ2v) is 6.47. The molecule has 0 atom stereocenters. The molecule has 1 amide bonds. The molecule has 0 unspecified atom stereocenters. The Hall–Kier alpha value is -2.16. The maximum atomic E-state index is 12.3. The van der Waals surface area contributed by atoms with Crippen molar-refractivity contribution in [1.82, 2.24) is 19.6 Å². The van der Waals surface area contributed by atoms with Crippen LogP contribution >= 0.6 is 22.6 Å². The number of hydrogen-bond donors (Lipinski definition) is 1. The number of carbonyl (C=O) groups excluding carboxylic acids is 1. The normalized spacial score (nSPS) is 10.7. The fourth-order valence-electron chi connectivity index (χ4n) is 2.36. The molecule has 1 N–H and O–H groups in total. The lowest BCUT2D eigenvalue weighted by atomic mass is 10.1. The van der Waals surface area contributed by atoms with Crippen molar-refractivity contribution < 1.29 is 4.79 Å². The van der Waals surface area contributed by atoms with E-state index in [-0.39, 0.29) is 5.91 Å². The van der Waals surface area contributed by atoms with E-state index in [9.17, 15) is 4.79 Å². The van der Waals surface area contributed by atoms with E-state index in [4.69, 9.17) is 0 Å².